The van der Waals surface area contributed by atoms with Crippen LogP contribution in [-0.4, -0.2) is 26.7 Å². The predicted octanol–water partition coefficient (Wildman–Crippen LogP) is 2.85. The van der Waals surface area contributed by atoms with Crippen molar-refractivity contribution in [2.24, 2.45) is 10.7 Å². The van der Waals surface area contributed by atoms with Crippen molar-refractivity contribution in [2.45, 2.75) is 0 Å². The van der Waals surface area contributed by atoms with Crippen molar-refractivity contribution >= 4 is 34.2 Å². The first-order valence-corrected chi connectivity index (χ1v) is 6.60. The van der Waals surface area contributed by atoms with E-state index in [0.29, 0.717) is 5.84 Å². The first-order valence-electron chi connectivity index (χ1n) is 6.06. The zero-order chi connectivity index (χ0) is 13.9. The zero-order valence-corrected chi connectivity index (χ0v) is 11.3. The second-order valence-corrected chi connectivity index (χ2v) is 4.51. The second-order valence-electron chi connectivity index (χ2n) is 4.24. The van der Waals surface area contributed by atoms with E-state index in [0.717, 1.165) is 28.2 Å². The predicted molar refractivity (Wildman–Crippen MR) is 81.3 cm³/mol. The van der Waals surface area contributed by atoms with Gasteiger partial charge in [0.25, 0.3) is 0 Å². The van der Waals surface area contributed by atoms with Crippen LogP contribution in [-0.2, 0) is 0 Å². The van der Waals surface area contributed by atoms with Crippen LogP contribution in [0.5, 0.6) is 0 Å². The number of aliphatic imine (C=N–C) groups is 1. The van der Waals surface area contributed by atoms with Crippen LogP contribution in [0.25, 0.3) is 22.6 Å². The van der Waals surface area contributed by atoms with Gasteiger partial charge in [-0.25, -0.2) is 9.98 Å². The van der Waals surface area contributed by atoms with Gasteiger partial charge in [0.1, 0.15) is 11.5 Å². The topological polar surface area (TPSA) is 79.9 Å². The Labute approximate surface area is 120 Å². The van der Waals surface area contributed by atoms with Crippen molar-refractivity contribution in [3.63, 3.8) is 0 Å². The van der Waals surface area contributed by atoms with Crippen molar-refractivity contribution < 1.29 is 0 Å². The Bertz CT molecular complexity index is 764. The molecule has 0 unspecified atom stereocenters. The third-order valence-corrected chi connectivity index (χ3v) is 3.06. The van der Waals surface area contributed by atoms with Gasteiger partial charge < -0.3 is 10.7 Å². The van der Waals surface area contributed by atoms with Gasteiger partial charge in [-0.1, -0.05) is 6.07 Å². The number of rotatable bonds is 3. The minimum absolute atomic E-state index is 0.209. The number of aromatic nitrogens is 3. The molecule has 0 aliphatic carbocycles. The Kier molecular flexibility index (Phi) is 3.35. The molecular weight excluding hydrogens is 274 g/mol. The van der Waals surface area contributed by atoms with E-state index in [4.69, 9.17) is 17.3 Å². The summed E-state index contributed by atoms with van der Waals surface area (Å²) in [7, 11) is 0. The number of hydrogen-bond acceptors (Lipinski definition) is 3. The number of alkyl halides is 1. The summed E-state index contributed by atoms with van der Waals surface area (Å²) >= 11 is 5.62. The molecule has 2 aromatic heterocycles. The fourth-order valence-corrected chi connectivity index (χ4v) is 1.95. The van der Waals surface area contributed by atoms with E-state index in [1.54, 1.807) is 6.20 Å². The molecule has 0 amide bonds. The van der Waals surface area contributed by atoms with E-state index >= 15 is 0 Å². The number of halogens is 1. The van der Waals surface area contributed by atoms with Crippen molar-refractivity contribution in [3.05, 3.63) is 42.6 Å². The SMILES string of the molecule is NC(CCl)=Nc1ccc2nc(-c3ccccn3)[nH]c2c1. The number of pyridine rings is 1. The summed E-state index contributed by atoms with van der Waals surface area (Å²) in [5, 5.41) is 0. The Morgan fingerprint density at radius 3 is 2.95 bits per heavy atom. The van der Waals surface area contributed by atoms with E-state index in [1.165, 1.54) is 0 Å². The number of fused-ring (bicyclic) bond motifs is 1. The molecule has 1 aromatic carbocycles. The minimum atomic E-state index is 0.209. The van der Waals surface area contributed by atoms with Gasteiger partial charge in [0.15, 0.2) is 5.82 Å². The summed E-state index contributed by atoms with van der Waals surface area (Å²) in [6.07, 6.45) is 1.74. The molecule has 0 spiro atoms. The summed E-state index contributed by atoms with van der Waals surface area (Å²) in [5.74, 6) is 1.32. The Hall–Kier alpha value is -2.40. The molecule has 3 aromatic rings. The molecule has 0 aliphatic rings. The van der Waals surface area contributed by atoms with Crippen LogP contribution in [0.2, 0.25) is 0 Å². The van der Waals surface area contributed by atoms with Gasteiger partial charge in [0.2, 0.25) is 0 Å². The maximum absolute atomic E-state index is 5.63. The van der Waals surface area contributed by atoms with Gasteiger partial charge in [-0.05, 0) is 30.3 Å². The van der Waals surface area contributed by atoms with Gasteiger partial charge in [-0.15, -0.1) is 11.6 Å². The molecule has 0 fully saturated rings. The molecule has 0 saturated heterocycles. The normalized spacial score (nSPS) is 11.9. The number of nitrogens with two attached hydrogens (primary N) is 1. The van der Waals surface area contributed by atoms with Crippen LogP contribution in [0.15, 0.2) is 47.6 Å². The molecule has 0 radical (unpaired) electrons. The van der Waals surface area contributed by atoms with Crippen molar-refractivity contribution in [1.29, 1.82) is 0 Å². The number of benzene rings is 1. The Balaban J connectivity index is 2.04. The molecule has 6 heteroatoms. The minimum Gasteiger partial charge on any atom is -0.386 e. The number of amidine groups is 1. The number of hydrogen-bond donors (Lipinski definition) is 2. The molecule has 3 rings (SSSR count). The fraction of sp³-hybridized carbons (Fsp3) is 0.0714. The van der Waals surface area contributed by atoms with Gasteiger partial charge in [0, 0.05) is 6.20 Å². The number of aromatic amines is 1. The molecule has 5 nitrogen and oxygen atoms in total. The largest absolute Gasteiger partial charge is 0.386 e. The molecule has 0 bridgehead atoms. The number of imidazole rings is 1. The van der Waals surface area contributed by atoms with Crippen LogP contribution in [0.1, 0.15) is 0 Å². The molecule has 2 heterocycles. The van der Waals surface area contributed by atoms with Crippen LogP contribution in [0.3, 0.4) is 0 Å². The molecule has 0 saturated carbocycles. The summed E-state index contributed by atoms with van der Waals surface area (Å²) < 4.78 is 0. The van der Waals surface area contributed by atoms with E-state index in [1.807, 2.05) is 36.4 Å². The summed E-state index contributed by atoms with van der Waals surface area (Å²) in [6, 6.07) is 11.3. The maximum atomic E-state index is 5.63. The molecule has 0 atom stereocenters. The van der Waals surface area contributed by atoms with E-state index in [-0.39, 0.29) is 5.88 Å². The van der Waals surface area contributed by atoms with E-state index in [9.17, 15) is 0 Å². The molecule has 3 N–H and O–H groups in total. The first kappa shape index (κ1) is 12.6. The lowest BCUT2D eigenvalue weighted by atomic mass is 10.3. The monoisotopic (exact) mass is 285 g/mol. The quantitative estimate of drug-likeness (QED) is 0.441. The van der Waals surface area contributed by atoms with Crippen LogP contribution in [0.4, 0.5) is 5.69 Å². The highest BCUT2D eigenvalue weighted by Gasteiger charge is 2.06. The number of nitrogens with zero attached hydrogens (tertiary/aromatic N) is 3. The van der Waals surface area contributed by atoms with Crippen molar-refractivity contribution in [3.8, 4) is 11.5 Å². The third kappa shape index (κ3) is 2.48. The lowest BCUT2D eigenvalue weighted by Gasteiger charge is -1.96. The number of H-pyrrole nitrogens is 1. The Morgan fingerprint density at radius 2 is 2.20 bits per heavy atom. The average Bonchev–Trinajstić information content (AvgIpc) is 2.91. The van der Waals surface area contributed by atoms with Crippen LogP contribution >= 0.6 is 11.6 Å². The second kappa shape index (κ2) is 5.30. The molecule has 0 aliphatic heterocycles. The summed E-state index contributed by atoms with van der Waals surface area (Å²) in [5.41, 5.74) is 8.91. The highest BCUT2D eigenvalue weighted by molar-refractivity contribution is 6.28. The van der Waals surface area contributed by atoms with Crippen LogP contribution < -0.4 is 5.73 Å². The maximum Gasteiger partial charge on any atom is 0.157 e. The van der Waals surface area contributed by atoms with Gasteiger partial charge in [-0.3, -0.25) is 4.98 Å². The molecular formula is C14H12ClN5. The van der Waals surface area contributed by atoms with Crippen molar-refractivity contribution in [2.75, 3.05) is 5.88 Å². The van der Waals surface area contributed by atoms with Gasteiger partial charge in [-0.2, -0.15) is 0 Å². The van der Waals surface area contributed by atoms with Crippen LogP contribution in [0, 0.1) is 0 Å². The average molecular weight is 286 g/mol. The molecule has 20 heavy (non-hydrogen) atoms. The lowest BCUT2D eigenvalue weighted by Crippen LogP contribution is -2.12. The lowest BCUT2D eigenvalue weighted by molar-refractivity contribution is 1.24. The first-order chi connectivity index (χ1) is 9.76. The standard InChI is InChI=1S/C14H12ClN5/c15-8-13(16)18-9-4-5-10-12(7-9)20-14(19-10)11-3-1-2-6-17-11/h1-7H,8H2,(H2,16,18)(H,19,20). The van der Waals surface area contributed by atoms with Crippen molar-refractivity contribution in [1.82, 2.24) is 15.0 Å². The summed E-state index contributed by atoms with van der Waals surface area (Å²) in [6.45, 7) is 0. The number of nitrogens with one attached hydrogen (secondary N) is 1. The fourth-order valence-electron chi connectivity index (χ4n) is 1.89. The Morgan fingerprint density at radius 1 is 1.30 bits per heavy atom. The van der Waals surface area contributed by atoms with E-state index < -0.39 is 0 Å². The van der Waals surface area contributed by atoms with E-state index in [2.05, 4.69) is 19.9 Å². The highest BCUT2D eigenvalue weighted by atomic mass is 35.5. The van der Waals surface area contributed by atoms with Gasteiger partial charge >= 0.3 is 0 Å². The highest BCUT2D eigenvalue weighted by Crippen LogP contribution is 2.23. The van der Waals surface area contributed by atoms with Gasteiger partial charge in [0.05, 0.1) is 22.6 Å². The third-order valence-electron chi connectivity index (χ3n) is 2.78. The smallest absolute Gasteiger partial charge is 0.157 e. The summed E-state index contributed by atoms with van der Waals surface area (Å²) in [4.78, 5) is 16.2. The molecule has 100 valence electrons. The zero-order valence-electron chi connectivity index (χ0n) is 10.5.